The van der Waals surface area contributed by atoms with Crippen molar-refractivity contribution in [3.63, 3.8) is 0 Å². The van der Waals surface area contributed by atoms with Gasteiger partial charge in [0.05, 0.1) is 11.5 Å². The fourth-order valence-corrected chi connectivity index (χ4v) is 3.27. The first-order valence-electron chi connectivity index (χ1n) is 8.53. The molecule has 0 saturated carbocycles. The van der Waals surface area contributed by atoms with Crippen molar-refractivity contribution < 1.29 is 12.6 Å². The molecule has 1 rings (SSSR count). The lowest BCUT2D eigenvalue weighted by Crippen LogP contribution is -2.07. The zero-order valence-corrected chi connectivity index (χ0v) is 15.2. The van der Waals surface area contributed by atoms with Gasteiger partial charge in [0, 0.05) is 11.5 Å². The molecule has 0 spiro atoms. The van der Waals surface area contributed by atoms with E-state index < -0.39 is 10.1 Å². The Kier molecular flexibility index (Phi) is 10.2. The highest BCUT2D eigenvalue weighted by atomic mass is 32.2. The van der Waals surface area contributed by atoms with Crippen molar-refractivity contribution in [2.75, 3.05) is 13.2 Å². The lowest BCUT2D eigenvalue weighted by molar-refractivity contribution is 0.306. The van der Waals surface area contributed by atoms with Crippen LogP contribution in [0.1, 0.15) is 56.9 Å². The van der Waals surface area contributed by atoms with Gasteiger partial charge in [0.2, 0.25) is 0 Å². The van der Waals surface area contributed by atoms with E-state index in [4.69, 9.17) is 9.71 Å². The Balaban J connectivity index is 2.03. The van der Waals surface area contributed by atoms with Gasteiger partial charge in [0.15, 0.2) is 0 Å². The number of unbranched alkanes of at least 4 members (excludes halogenated alkanes) is 7. The number of azide groups is 1. The van der Waals surface area contributed by atoms with E-state index in [-0.39, 0.29) is 11.5 Å². The summed E-state index contributed by atoms with van der Waals surface area (Å²) in [5.41, 5.74) is 9.17. The lowest BCUT2D eigenvalue weighted by atomic mass is 10.1. The molecule has 0 aromatic heterocycles. The van der Waals surface area contributed by atoms with Gasteiger partial charge in [-0.3, -0.25) is 4.18 Å². The maximum absolute atomic E-state index is 12.0. The molecule has 0 fully saturated rings. The Labute approximate surface area is 145 Å². The van der Waals surface area contributed by atoms with Crippen molar-refractivity contribution in [1.29, 1.82) is 0 Å². The predicted molar refractivity (Wildman–Crippen MR) is 95.3 cm³/mol. The maximum Gasteiger partial charge on any atom is 0.296 e. The first-order valence-corrected chi connectivity index (χ1v) is 9.94. The van der Waals surface area contributed by atoms with E-state index in [1.54, 1.807) is 24.3 Å². The Hall–Kier alpha value is -1.56. The van der Waals surface area contributed by atoms with Crippen LogP contribution in [0.2, 0.25) is 0 Å². The van der Waals surface area contributed by atoms with Crippen molar-refractivity contribution >= 4 is 10.1 Å². The van der Waals surface area contributed by atoms with Gasteiger partial charge >= 0.3 is 0 Å². The van der Waals surface area contributed by atoms with Gasteiger partial charge in [-0.2, -0.15) is 8.42 Å². The number of hydrogen-bond donors (Lipinski definition) is 0. The maximum atomic E-state index is 12.0. The summed E-state index contributed by atoms with van der Waals surface area (Å²) in [6.45, 7) is 2.74. The summed E-state index contributed by atoms with van der Waals surface area (Å²) < 4.78 is 29.0. The van der Waals surface area contributed by atoms with Gasteiger partial charge in [-0.05, 0) is 37.4 Å². The Morgan fingerprint density at radius 2 is 1.50 bits per heavy atom. The van der Waals surface area contributed by atoms with Crippen LogP contribution in [0, 0.1) is 6.92 Å². The SMILES string of the molecule is Cc1ccc(S(=O)(=O)OCCCCCCCCCCN=[N+]=[N-])cc1. The highest BCUT2D eigenvalue weighted by molar-refractivity contribution is 7.86. The van der Waals surface area contributed by atoms with Crippen LogP contribution in [0.25, 0.3) is 10.4 Å². The smallest absolute Gasteiger partial charge is 0.266 e. The fourth-order valence-electron chi connectivity index (χ4n) is 2.33. The molecular formula is C17H27N3O3S. The van der Waals surface area contributed by atoms with Crippen LogP contribution >= 0.6 is 0 Å². The molecule has 134 valence electrons. The van der Waals surface area contributed by atoms with Gasteiger partial charge in [-0.15, -0.1) is 0 Å². The summed E-state index contributed by atoms with van der Waals surface area (Å²) in [7, 11) is -3.62. The molecule has 0 radical (unpaired) electrons. The van der Waals surface area contributed by atoms with Crippen LogP contribution < -0.4 is 0 Å². The normalized spacial score (nSPS) is 11.2. The van der Waals surface area contributed by atoms with Crippen LogP contribution in [0.4, 0.5) is 0 Å². The zero-order valence-electron chi connectivity index (χ0n) is 14.4. The molecule has 0 heterocycles. The summed E-state index contributed by atoms with van der Waals surface area (Å²) in [6, 6.07) is 6.69. The van der Waals surface area contributed by atoms with Gasteiger partial charge in [-0.1, -0.05) is 61.3 Å². The fraction of sp³-hybridized carbons (Fsp3) is 0.647. The molecule has 0 aliphatic rings. The van der Waals surface area contributed by atoms with Crippen LogP contribution in [-0.4, -0.2) is 21.6 Å². The molecule has 1 aromatic carbocycles. The van der Waals surface area contributed by atoms with E-state index in [1.165, 1.54) is 6.42 Å². The van der Waals surface area contributed by atoms with E-state index in [2.05, 4.69) is 10.0 Å². The second-order valence-electron chi connectivity index (χ2n) is 5.87. The molecule has 0 atom stereocenters. The van der Waals surface area contributed by atoms with Crippen LogP contribution in [-0.2, 0) is 14.3 Å². The summed E-state index contributed by atoms with van der Waals surface area (Å²) in [6.07, 6.45) is 8.32. The summed E-state index contributed by atoms with van der Waals surface area (Å²) in [5, 5.41) is 3.50. The average Bonchev–Trinajstić information content (AvgIpc) is 2.56. The van der Waals surface area contributed by atoms with Crippen molar-refractivity contribution in [2.24, 2.45) is 5.11 Å². The predicted octanol–water partition coefficient (Wildman–Crippen LogP) is 5.13. The van der Waals surface area contributed by atoms with Crippen molar-refractivity contribution in [3.05, 3.63) is 40.3 Å². The summed E-state index contributed by atoms with van der Waals surface area (Å²) >= 11 is 0. The zero-order chi connectivity index (χ0) is 17.7. The molecule has 1 aromatic rings. The Morgan fingerprint density at radius 1 is 0.958 bits per heavy atom. The number of hydrogen-bond acceptors (Lipinski definition) is 4. The van der Waals surface area contributed by atoms with Crippen LogP contribution in [0.3, 0.4) is 0 Å². The van der Waals surface area contributed by atoms with E-state index in [9.17, 15) is 8.42 Å². The molecule has 6 nitrogen and oxygen atoms in total. The molecule has 0 aliphatic heterocycles. The molecule has 0 aliphatic carbocycles. The van der Waals surface area contributed by atoms with Gasteiger partial charge < -0.3 is 0 Å². The minimum Gasteiger partial charge on any atom is -0.266 e. The first-order chi connectivity index (χ1) is 11.6. The molecule has 0 N–H and O–H groups in total. The molecule has 24 heavy (non-hydrogen) atoms. The van der Waals surface area contributed by atoms with Gasteiger partial charge in [-0.25, -0.2) is 0 Å². The van der Waals surface area contributed by atoms with E-state index >= 15 is 0 Å². The Morgan fingerprint density at radius 3 is 2.08 bits per heavy atom. The third kappa shape index (κ3) is 8.91. The van der Waals surface area contributed by atoms with Gasteiger partial charge in [0.25, 0.3) is 10.1 Å². The second-order valence-corrected chi connectivity index (χ2v) is 7.49. The lowest BCUT2D eigenvalue weighted by Gasteiger charge is -2.06. The molecule has 0 saturated heterocycles. The molecule has 0 bridgehead atoms. The quantitative estimate of drug-likeness (QED) is 0.162. The number of nitrogens with zero attached hydrogens (tertiary/aromatic N) is 3. The largest absolute Gasteiger partial charge is 0.296 e. The topological polar surface area (TPSA) is 92.1 Å². The standard InChI is InChI=1S/C17H27N3O3S/c1-16-10-12-17(13-11-16)24(21,22)23-15-9-7-5-3-2-4-6-8-14-19-20-18/h10-13H,2-9,14-15H2,1H3. The van der Waals surface area contributed by atoms with Crippen molar-refractivity contribution in [3.8, 4) is 0 Å². The molecule has 7 heteroatoms. The third-order valence-electron chi connectivity index (χ3n) is 3.76. The summed E-state index contributed by atoms with van der Waals surface area (Å²) in [5.74, 6) is 0. The minimum absolute atomic E-state index is 0.217. The third-order valence-corrected chi connectivity index (χ3v) is 5.09. The Bertz CT molecular complexity index is 608. The monoisotopic (exact) mass is 353 g/mol. The first kappa shape index (κ1) is 20.5. The summed E-state index contributed by atoms with van der Waals surface area (Å²) in [4.78, 5) is 2.94. The van der Waals surface area contributed by atoms with Crippen LogP contribution in [0.15, 0.2) is 34.3 Å². The van der Waals surface area contributed by atoms with E-state index in [0.29, 0.717) is 6.54 Å². The number of aryl methyl sites for hydroxylation is 1. The molecule has 0 unspecified atom stereocenters. The highest BCUT2D eigenvalue weighted by Gasteiger charge is 2.14. The second kappa shape index (κ2) is 11.9. The van der Waals surface area contributed by atoms with Crippen LogP contribution in [0.5, 0.6) is 0 Å². The van der Waals surface area contributed by atoms with Gasteiger partial charge in [0.1, 0.15) is 0 Å². The highest BCUT2D eigenvalue weighted by Crippen LogP contribution is 2.14. The van der Waals surface area contributed by atoms with Crippen molar-refractivity contribution in [1.82, 2.24) is 0 Å². The van der Waals surface area contributed by atoms with Crippen molar-refractivity contribution in [2.45, 2.75) is 63.2 Å². The van der Waals surface area contributed by atoms with E-state index in [0.717, 1.165) is 50.5 Å². The number of rotatable bonds is 13. The minimum atomic E-state index is -3.62. The molecular weight excluding hydrogens is 326 g/mol. The average molecular weight is 353 g/mol. The van der Waals surface area contributed by atoms with E-state index in [1.807, 2.05) is 6.92 Å². The molecule has 0 amide bonds. The number of benzene rings is 1.